The minimum absolute atomic E-state index is 0.475. The maximum Gasteiger partial charge on any atom is 0.0700 e. The van der Waals surface area contributed by atoms with E-state index in [1.54, 1.807) is 0 Å². The third kappa shape index (κ3) is 4.23. The van der Waals surface area contributed by atoms with Gasteiger partial charge in [0.15, 0.2) is 0 Å². The molecule has 2 atom stereocenters. The monoisotopic (exact) mass is 240 g/mol. The molecule has 1 aliphatic carbocycles. The van der Waals surface area contributed by atoms with Crippen LogP contribution in [-0.2, 0) is 4.74 Å². The number of nitrogens with one attached hydrogen (secondary N) is 1. The molecular weight excluding hydrogens is 212 g/mol. The van der Waals surface area contributed by atoms with Gasteiger partial charge >= 0.3 is 0 Å². The van der Waals surface area contributed by atoms with E-state index in [0.717, 1.165) is 25.7 Å². The molecule has 2 unspecified atom stereocenters. The van der Waals surface area contributed by atoms with Crippen LogP contribution in [0.15, 0.2) is 0 Å². The van der Waals surface area contributed by atoms with Gasteiger partial charge in [-0.2, -0.15) is 0 Å². The SMILES string of the molecule is CCCN(C(C)CNCC1CCCO1)C1CC1. The Morgan fingerprint density at radius 2 is 2.18 bits per heavy atom. The molecule has 0 aromatic carbocycles. The molecule has 1 aliphatic heterocycles. The van der Waals surface area contributed by atoms with Crippen molar-refractivity contribution in [1.29, 1.82) is 0 Å². The van der Waals surface area contributed by atoms with Gasteiger partial charge < -0.3 is 10.1 Å². The maximum atomic E-state index is 5.63. The fourth-order valence-corrected chi connectivity index (χ4v) is 2.80. The molecule has 2 rings (SSSR count). The number of hydrogen-bond donors (Lipinski definition) is 1. The van der Waals surface area contributed by atoms with Crippen LogP contribution < -0.4 is 5.32 Å². The topological polar surface area (TPSA) is 24.5 Å². The molecule has 100 valence electrons. The predicted octanol–water partition coefficient (Wildman–Crippen LogP) is 2.02. The average Bonchev–Trinajstić information content (AvgIpc) is 3.03. The standard InChI is InChI=1S/C14H28N2O/c1-3-8-16(13-6-7-13)12(2)10-15-11-14-5-4-9-17-14/h12-15H,3-11H2,1-2H3. The van der Waals surface area contributed by atoms with Gasteiger partial charge in [-0.15, -0.1) is 0 Å². The molecule has 0 radical (unpaired) electrons. The first-order valence-electron chi connectivity index (χ1n) is 7.39. The van der Waals surface area contributed by atoms with Gasteiger partial charge in [0.05, 0.1) is 6.10 Å². The molecule has 3 heteroatoms. The highest BCUT2D eigenvalue weighted by Crippen LogP contribution is 2.28. The van der Waals surface area contributed by atoms with E-state index in [9.17, 15) is 0 Å². The summed E-state index contributed by atoms with van der Waals surface area (Å²) < 4.78 is 5.63. The summed E-state index contributed by atoms with van der Waals surface area (Å²) >= 11 is 0. The van der Waals surface area contributed by atoms with Gasteiger partial charge in [-0.3, -0.25) is 4.90 Å². The highest BCUT2D eigenvalue weighted by Gasteiger charge is 2.31. The summed E-state index contributed by atoms with van der Waals surface area (Å²) in [5.74, 6) is 0. The van der Waals surface area contributed by atoms with Gasteiger partial charge in [-0.25, -0.2) is 0 Å². The fourth-order valence-electron chi connectivity index (χ4n) is 2.80. The van der Waals surface area contributed by atoms with Crippen LogP contribution >= 0.6 is 0 Å². The quantitative estimate of drug-likeness (QED) is 0.702. The second-order valence-electron chi connectivity index (χ2n) is 5.61. The van der Waals surface area contributed by atoms with Crippen molar-refractivity contribution in [1.82, 2.24) is 10.2 Å². The molecule has 1 heterocycles. The van der Waals surface area contributed by atoms with Gasteiger partial charge in [0.25, 0.3) is 0 Å². The summed E-state index contributed by atoms with van der Waals surface area (Å²) in [6.45, 7) is 9.00. The Kier molecular flexibility index (Phi) is 5.26. The lowest BCUT2D eigenvalue weighted by Gasteiger charge is -2.29. The van der Waals surface area contributed by atoms with Gasteiger partial charge in [-0.1, -0.05) is 6.92 Å². The molecule has 0 spiro atoms. The van der Waals surface area contributed by atoms with Crippen molar-refractivity contribution in [2.75, 3.05) is 26.2 Å². The van der Waals surface area contributed by atoms with Crippen molar-refractivity contribution in [2.24, 2.45) is 0 Å². The van der Waals surface area contributed by atoms with Gasteiger partial charge in [0.2, 0.25) is 0 Å². The first kappa shape index (κ1) is 13.3. The largest absolute Gasteiger partial charge is 0.377 e. The molecule has 17 heavy (non-hydrogen) atoms. The maximum absolute atomic E-state index is 5.63. The first-order valence-corrected chi connectivity index (χ1v) is 7.39. The lowest BCUT2D eigenvalue weighted by Crippen LogP contribution is -2.43. The number of nitrogens with zero attached hydrogens (tertiary/aromatic N) is 1. The molecule has 2 fully saturated rings. The van der Waals surface area contributed by atoms with Crippen LogP contribution in [0.25, 0.3) is 0 Å². The molecule has 2 aliphatic rings. The molecule has 0 aromatic heterocycles. The number of ether oxygens (including phenoxy) is 1. The molecule has 0 bridgehead atoms. The van der Waals surface area contributed by atoms with Crippen LogP contribution in [0.3, 0.4) is 0 Å². The van der Waals surface area contributed by atoms with Crippen molar-refractivity contribution < 1.29 is 4.74 Å². The fraction of sp³-hybridized carbons (Fsp3) is 1.00. The van der Waals surface area contributed by atoms with Gasteiger partial charge in [0.1, 0.15) is 0 Å². The zero-order chi connectivity index (χ0) is 12.1. The van der Waals surface area contributed by atoms with E-state index in [-0.39, 0.29) is 0 Å². The van der Waals surface area contributed by atoms with Crippen LogP contribution in [0.1, 0.15) is 46.0 Å². The smallest absolute Gasteiger partial charge is 0.0700 e. The van der Waals surface area contributed by atoms with Crippen molar-refractivity contribution in [3.05, 3.63) is 0 Å². The first-order chi connectivity index (χ1) is 8.31. The van der Waals surface area contributed by atoms with Crippen molar-refractivity contribution in [2.45, 2.75) is 64.1 Å². The molecular formula is C14H28N2O. The van der Waals surface area contributed by atoms with E-state index in [2.05, 4.69) is 24.1 Å². The van der Waals surface area contributed by atoms with Crippen LogP contribution in [-0.4, -0.2) is 49.3 Å². The van der Waals surface area contributed by atoms with E-state index in [1.165, 1.54) is 38.6 Å². The van der Waals surface area contributed by atoms with Crippen LogP contribution in [0.5, 0.6) is 0 Å². The Morgan fingerprint density at radius 1 is 1.35 bits per heavy atom. The summed E-state index contributed by atoms with van der Waals surface area (Å²) in [5.41, 5.74) is 0. The molecule has 1 N–H and O–H groups in total. The van der Waals surface area contributed by atoms with E-state index in [1.807, 2.05) is 0 Å². The van der Waals surface area contributed by atoms with E-state index >= 15 is 0 Å². The van der Waals surface area contributed by atoms with Crippen LogP contribution in [0, 0.1) is 0 Å². The Balaban J connectivity index is 1.62. The van der Waals surface area contributed by atoms with Crippen molar-refractivity contribution >= 4 is 0 Å². The zero-order valence-corrected chi connectivity index (χ0v) is 11.5. The predicted molar refractivity (Wildman–Crippen MR) is 71.3 cm³/mol. The van der Waals surface area contributed by atoms with Crippen molar-refractivity contribution in [3.63, 3.8) is 0 Å². The van der Waals surface area contributed by atoms with Crippen LogP contribution in [0.4, 0.5) is 0 Å². The average molecular weight is 240 g/mol. The second-order valence-corrected chi connectivity index (χ2v) is 5.61. The second kappa shape index (κ2) is 6.72. The summed E-state index contributed by atoms with van der Waals surface area (Å²) in [6.07, 6.45) is 7.05. The number of rotatable bonds is 8. The van der Waals surface area contributed by atoms with Gasteiger partial charge in [0, 0.05) is 31.8 Å². The number of hydrogen-bond acceptors (Lipinski definition) is 3. The minimum atomic E-state index is 0.475. The van der Waals surface area contributed by atoms with E-state index < -0.39 is 0 Å². The third-order valence-corrected chi connectivity index (χ3v) is 3.90. The Hall–Kier alpha value is -0.120. The Bertz CT molecular complexity index is 212. The summed E-state index contributed by atoms with van der Waals surface area (Å²) in [5, 5.41) is 3.58. The highest BCUT2D eigenvalue weighted by atomic mass is 16.5. The highest BCUT2D eigenvalue weighted by molar-refractivity contribution is 4.88. The third-order valence-electron chi connectivity index (χ3n) is 3.90. The lowest BCUT2D eigenvalue weighted by atomic mass is 10.2. The Morgan fingerprint density at radius 3 is 2.76 bits per heavy atom. The van der Waals surface area contributed by atoms with E-state index in [0.29, 0.717) is 12.1 Å². The summed E-state index contributed by atoms with van der Waals surface area (Å²) in [6, 6.07) is 1.55. The summed E-state index contributed by atoms with van der Waals surface area (Å²) in [7, 11) is 0. The van der Waals surface area contributed by atoms with E-state index in [4.69, 9.17) is 4.74 Å². The molecule has 1 saturated carbocycles. The normalized spacial score (nSPS) is 26.6. The van der Waals surface area contributed by atoms with Crippen LogP contribution in [0.2, 0.25) is 0 Å². The van der Waals surface area contributed by atoms with Gasteiger partial charge in [-0.05, 0) is 45.6 Å². The molecule has 1 saturated heterocycles. The Labute approximate surface area is 106 Å². The molecule has 0 aromatic rings. The van der Waals surface area contributed by atoms with Crippen molar-refractivity contribution in [3.8, 4) is 0 Å². The lowest BCUT2D eigenvalue weighted by molar-refractivity contribution is 0.106. The zero-order valence-electron chi connectivity index (χ0n) is 11.5. The molecule has 3 nitrogen and oxygen atoms in total. The summed E-state index contributed by atoms with van der Waals surface area (Å²) in [4.78, 5) is 2.68. The minimum Gasteiger partial charge on any atom is -0.377 e. The molecule has 0 amide bonds.